The molecule has 0 amide bonds. The summed E-state index contributed by atoms with van der Waals surface area (Å²) in [6.07, 6.45) is 0.721. The van der Waals surface area contributed by atoms with E-state index in [4.69, 9.17) is 0 Å². The molecule has 0 bridgehead atoms. The van der Waals surface area contributed by atoms with E-state index in [1.165, 1.54) is 10.8 Å². The molecule has 0 fully saturated rings. The Kier molecular flexibility index (Phi) is 4.00. The van der Waals surface area contributed by atoms with Gasteiger partial charge in [0, 0.05) is 0 Å². The van der Waals surface area contributed by atoms with Crippen LogP contribution in [0, 0.1) is 0 Å². The minimum Gasteiger partial charge on any atom is -0.385 e. The van der Waals surface area contributed by atoms with E-state index in [2.05, 4.69) is 36.5 Å². The van der Waals surface area contributed by atoms with Crippen LogP contribution >= 0.6 is 0 Å². The van der Waals surface area contributed by atoms with Crippen molar-refractivity contribution in [2.24, 2.45) is 0 Å². The number of hydrogen-bond acceptors (Lipinski definition) is 2. The molecule has 1 unspecified atom stereocenters. The van der Waals surface area contributed by atoms with Crippen LogP contribution in [0.5, 0.6) is 0 Å². The van der Waals surface area contributed by atoms with E-state index in [9.17, 15) is 5.11 Å². The van der Waals surface area contributed by atoms with Gasteiger partial charge in [-0.25, -0.2) is 0 Å². The van der Waals surface area contributed by atoms with Crippen LogP contribution in [0.2, 0.25) is 0 Å². The molecule has 0 saturated heterocycles. The third-order valence-electron chi connectivity index (χ3n) is 3.41. The van der Waals surface area contributed by atoms with Gasteiger partial charge in [-0.3, -0.25) is 0 Å². The Balaban J connectivity index is 2.23. The van der Waals surface area contributed by atoms with Gasteiger partial charge in [-0.05, 0) is 48.8 Å². The van der Waals surface area contributed by atoms with Gasteiger partial charge in [-0.2, -0.15) is 0 Å². The minimum atomic E-state index is -0.772. The molecule has 96 valence electrons. The lowest BCUT2D eigenvalue weighted by atomic mass is 9.91. The van der Waals surface area contributed by atoms with Crippen molar-refractivity contribution in [2.45, 2.75) is 25.9 Å². The summed E-state index contributed by atoms with van der Waals surface area (Å²) in [5, 5.41) is 16.2. The van der Waals surface area contributed by atoms with Crippen LogP contribution in [-0.4, -0.2) is 18.2 Å². The quantitative estimate of drug-likeness (QED) is 0.791. The molecular weight excluding hydrogens is 222 g/mol. The first-order valence-corrected chi connectivity index (χ1v) is 6.56. The highest BCUT2D eigenvalue weighted by Crippen LogP contribution is 2.27. The highest BCUT2D eigenvalue weighted by atomic mass is 16.3. The molecule has 1 atom stereocenters. The second-order valence-corrected chi connectivity index (χ2v) is 4.94. The smallest absolute Gasteiger partial charge is 0.0880 e. The van der Waals surface area contributed by atoms with E-state index in [1.54, 1.807) is 0 Å². The van der Waals surface area contributed by atoms with Crippen LogP contribution in [0.15, 0.2) is 42.5 Å². The second-order valence-electron chi connectivity index (χ2n) is 4.94. The fraction of sp³-hybridized carbons (Fsp3) is 0.375. The number of rotatable bonds is 5. The van der Waals surface area contributed by atoms with Crippen molar-refractivity contribution >= 4 is 10.8 Å². The lowest BCUT2D eigenvalue weighted by molar-refractivity contribution is 0.0483. The lowest BCUT2D eigenvalue weighted by Gasteiger charge is -2.24. The molecule has 2 heteroatoms. The average molecular weight is 243 g/mol. The molecule has 2 rings (SSSR count). The molecule has 2 aromatic carbocycles. The van der Waals surface area contributed by atoms with Gasteiger partial charge in [0.15, 0.2) is 0 Å². The fourth-order valence-electron chi connectivity index (χ4n) is 2.18. The van der Waals surface area contributed by atoms with E-state index in [-0.39, 0.29) is 0 Å². The van der Waals surface area contributed by atoms with E-state index in [1.807, 2.05) is 25.1 Å². The van der Waals surface area contributed by atoms with Gasteiger partial charge in [-0.1, -0.05) is 43.3 Å². The standard InChI is InChI=1S/C16H21NO/c1-3-17-11-10-16(2,18)15-9-8-13-6-4-5-7-14(13)12-15/h4-9,12,17-18H,3,10-11H2,1-2H3. The summed E-state index contributed by atoms with van der Waals surface area (Å²) in [7, 11) is 0. The van der Waals surface area contributed by atoms with Crippen LogP contribution in [-0.2, 0) is 5.60 Å². The van der Waals surface area contributed by atoms with Crippen molar-refractivity contribution < 1.29 is 5.11 Å². The molecule has 0 aliphatic heterocycles. The molecule has 0 aliphatic rings. The molecule has 0 radical (unpaired) electrons. The molecule has 18 heavy (non-hydrogen) atoms. The van der Waals surface area contributed by atoms with Gasteiger partial charge in [0.25, 0.3) is 0 Å². The summed E-state index contributed by atoms with van der Waals surface area (Å²) in [6, 6.07) is 14.4. The Labute approximate surface area is 109 Å². The number of hydrogen-bond donors (Lipinski definition) is 2. The molecule has 0 spiro atoms. The maximum Gasteiger partial charge on any atom is 0.0880 e. The largest absolute Gasteiger partial charge is 0.385 e. The zero-order valence-electron chi connectivity index (χ0n) is 11.1. The van der Waals surface area contributed by atoms with Crippen molar-refractivity contribution in [1.82, 2.24) is 5.32 Å². The predicted molar refractivity (Wildman–Crippen MR) is 76.7 cm³/mol. The highest BCUT2D eigenvalue weighted by Gasteiger charge is 2.22. The van der Waals surface area contributed by atoms with E-state index < -0.39 is 5.60 Å². The summed E-state index contributed by atoms with van der Waals surface area (Å²) in [5.41, 5.74) is 0.214. The summed E-state index contributed by atoms with van der Waals surface area (Å²) >= 11 is 0. The minimum absolute atomic E-state index is 0.721. The van der Waals surface area contributed by atoms with Gasteiger partial charge >= 0.3 is 0 Å². The van der Waals surface area contributed by atoms with Gasteiger partial charge < -0.3 is 10.4 Å². The monoisotopic (exact) mass is 243 g/mol. The maximum atomic E-state index is 10.5. The first-order valence-electron chi connectivity index (χ1n) is 6.56. The van der Waals surface area contributed by atoms with E-state index in [0.29, 0.717) is 0 Å². The van der Waals surface area contributed by atoms with Gasteiger partial charge in [0.2, 0.25) is 0 Å². The molecule has 0 aliphatic carbocycles. The third-order valence-corrected chi connectivity index (χ3v) is 3.41. The Morgan fingerprint density at radius 3 is 2.56 bits per heavy atom. The zero-order chi connectivity index (χ0) is 13.0. The molecule has 0 heterocycles. The lowest BCUT2D eigenvalue weighted by Crippen LogP contribution is -2.27. The Morgan fingerprint density at radius 2 is 1.83 bits per heavy atom. The van der Waals surface area contributed by atoms with Gasteiger partial charge in [-0.15, -0.1) is 0 Å². The molecule has 2 aromatic rings. The third kappa shape index (κ3) is 2.89. The van der Waals surface area contributed by atoms with Crippen LogP contribution in [0.4, 0.5) is 0 Å². The van der Waals surface area contributed by atoms with Crippen LogP contribution in [0.1, 0.15) is 25.8 Å². The number of fused-ring (bicyclic) bond motifs is 1. The number of benzene rings is 2. The normalized spacial score (nSPS) is 14.6. The molecule has 2 nitrogen and oxygen atoms in total. The van der Waals surface area contributed by atoms with Crippen molar-refractivity contribution in [2.75, 3.05) is 13.1 Å². The van der Waals surface area contributed by atoms with Crippen molar-refractivity contribution in [3.05, 3.63) is 48.0 Å². The second kappa shape index (κ2) is 5.51. The molecule has 0 saturated carbocycles. The summed E-state index contributed by atoms with van der Waals surface area (Å²) in [4.78, 5) is 0. The number of aliphatic hydroxyl groups is 1. The first-order chi connectivity index (χ1) is 8.63. The van der Waals surface area contributed by atoms with Crippen molar-refractivity contribution in [3.8, 4) is 0 Å². The van der Waals surface area contributed by atoms with Crippen LogP contribution in [0.3, 0.4) is 0 Å². The van der Waals surface area contributed by atoms with Crippen molar-refractivity contribution in [1.29, 1.82) is 0 Å². The van der Waals surface area contributed by atoms with Gasteiger partial charge in [0.1, 0.15) is 0 Å². The highest BCUT2D eigenvalue weighted by molar-refractivity contribution is 5.83. The van der Waals surface area contributed by atoms with Crippen LogP contribution < -0.4 is 5.32 Å². The number of nitrogens with one attached hydrogen (secondary N) is 1. The van der Waals surface area contributed by atoms with Crippen molar-refractivity contribution in [3.63, 3.8) is 0 Å². The zero-order valence-corrected chi connectivity index (χ0v) is 11.1. The Morgan fingerprint density at radius 1 is 1.11 bits per heavy atom. The Hall–Kier alpha value is -1.38. The molecular formula is C16H21NO. The summed E-state index contributed by atoms with van der Waals surface area (Å²) in [5.74, 6) is 0. The summed E-state index contributed by atoms with van der Waals surface area (Å²) in [6.45, 7) is 5.73. The fourth-order valence-corrected chi connectivity index (χ4v) is 2.18. The van der Waals surface area contributed by atoms with Crippen LogP contribution in [0.25, 0.3) is 10.8 Å². The van der Waals surface area contributed by atoms with Gasteiger partial charge in [0.05, 0.1) is 5.60 Å². The molecule has 0 aromatic heterocycles. The first kappa shape index (κ1) is 13.1. The topological polar surface area (TPSA) is 32.3 Å². The predicted octanol–water partition coefficient (Wildman–Crippen LogP) is 3.05. The summed E-state index contributed by atoms with van der Waals surface area (Å²) < 4.78 is 0. The SMILES string of the molecule is CCNCCC(C)(O)c1ccc2ccccc2c1. The maximum absolute atomic E-state index is 10.5. The molecule has 2 N–H and O–H groups in total. The Bertz CT molecular complexity index is 519. The average Bonchev–Trinajstić information content (AvgIpc) is 2.38. The van der Waals surface area contributed by atoms with E-state index >= 15 is 0 Å². The van der Waals surface area contributed by atoms with E-state index in [0.717, 1.165) is 25.1 Å².